The Morgan fingerprint density at radius 3 is 2.60 bits per heavy atom. The van der Waals surface area contributed by atoms with E-state index in [-0.39, 0.29) is 22.8 Å². The van der Waals surface area contributed by atoms with E-state index in [4.69, 9.17) is 10.4 Å². The van der Waals surface area contributed by atoms with E-state index in [9.17, 15) is 13.2 Å². The molecule has 2 N–H and O–H groups in total. The summed E-state index contributed by atoms with van der Waals surface area (Å²) in [6, 6.07) is 6.73. The first kappa shape index (κ1) is 16.1. The van der Waals surface area contributed by atoms with E-state index in [1.807, 2.05) is 6.07 Å². The number of sulfonamides is 1. The van der Waals surface area contributed by atoms with Gasteiger partial charge in [0.1, 0.15) is 0 Å². The lowest BCUT2D eigenvalue weighted by molar-refractivity contribution is -0.137. The predicted octanol–water partition coefficient (Wildman–Crippen LogP) is 1.34. The topological polar surface area (TPSA) is 107 Å². The summed E-state index contributed by atoms with van der Waals surface area (Å²) in [7, 11) is -3.85. The number of carboxylic acids is 1. The first-order chi connectivity index (χ1) is 9.26. The van der Waals surface area contributed by atoms with E-state index in [1.165, 1.54) is 24.3 Å². The Morgan fingerprint density at radius 1 is 1.45 bits per heavy atom. The van der Waals surface area contributed by atoms with Crippen LogP contribution < -0.4 is 4.72 Å². The highest BCUT2D eigenvalue weighted by Crippen LogP contribution is 2.15. The Morgan fingerprint density at radius 2 is 2.10 bits per heavy atom. The molecule has 0 saturated carbocycles. The lowest BCUT2D eigenvalue weighted by Gasteiger charge is -2.20. The van der Waals surface area contributed by atoms with Crippen LogP contribution in [0.5, 0.6) is 0 Å². The lowest BCUT2D eigenvalue weighted by Crippen LogP contribution is -2.40. The van der Waals surface area contributed by atoms with Crippen molar-refractivity contribution in [2.24, 2.45) is 5.92 Å². The van der Waals surface area contributed by atoms with Gasteiger partial charge in [0.2, 0.25) is 10.0 Å². The average Bonchev–Trinajstić information content (AvgIpc) is 2.37. The van der Waals surface area contributed by atoms with E-state index in [0.29, 0.717) is 0 Å². The van der Waals surface area contributed by atoms with Crippen LogP contribution in [0.1, 0.15) is 25.8 Å². The van der Waals surface area contributed by atoms with Crippen LogP contribution in [0.4, 0.5) is 0 Å². The minimum Gasteiger partial charge on any atom is -0.481 e. The summed E-state index contributed by atoms with van der Waals surface area (Å²) in [5.41, 5.74) is 0.229. The normalized spacial score (nSPS) is 12.9. The Kier molecular flexibility index (Phi) is 5.25. The molecular weight excluding hydrogens is 280 g/mol. The first-order valence-corrected chi connectivity index (χ1v) is 7.49. The first-order valence-electron chi connectivity index (χ1n) is 6.00. The molecule has 1 atom stereocenters. The summed E-state index contributed by atoms with van der Waals surface area (Å²) >= 11 is 0. The fourth-order valence-electron chi connectivity index (χ4n) is 1.60. The second kappa shape index (κ2) is 6.50. The predicted molar refractivity (Wildman–Crippen MR) is 72.4 cm³/mol. The van der Waals surface area contributed by atoms with Crippen LogP contribution >= 0.6 is 0 Å². The Balaban J connectivity index is 3.03. The number of nitrogens with zero attached hydrogens (tertiary/aromatic N) is 1. The molecule has 1 rings (SSSR count). The van der Waals surface area contributed by atoms with Crippen LogP contribution in [-0.2, 0) is 14.8 Å². The molecule has 20 heavy (non-hydrogen) atoms. The van der Waals surface area contributed by atoms with Gasteiger partial charge in [-0.2, -0.15) is 5.26 Å². The lowest BCUT2D eigenvalue weighted by atomic mass is 10.0. The van der Waals surface area contributed by atoms with Gasteiger partial charge in [0, 0.05) is 6.04 Å². The molecule has 0 spiro atoms. The quantitative estimate of drug-likeness (QED) is 0.823. The van der Waals surface area contributed by atoms with Crippen molar-refractivity contribution in [2.75, 3.05) is 0 Å². The molecule has 0 unspecified atom stereocenters. The Labute approximate surface area is 118 Å². The molecule has 0 radical (unpaired) electrons. The van der Waals surface area contributed by atoms with Gasteiger partial charge in [0.25, 0.3) is 0 Å². The maximum Gasteiger partial charge on any atom is 0.304 e. The Hall–Kier alpha value is -1.91. The molecule has 0 heterocycles. The smallest absolute Gasteiger partial charge is 0.304 e. The van der Waals surface area contributed by atoms with Crippen LogP contribution in [0.15, 0.2) is 29.2 Å². The van der Waals surface area contributed by atoms with Crippen molar-refractivity contribution < 1.29 is 18.3 Å². The number of carboxylic acid groups (broad SMARTS) is 1. The van der Waals surface area contributed by atoms with Gasteiger partial charge in [-0.3, -0.25) is 4.79 Å². The fraction of sp³-hybridized carbons (Fsp3) is 0.385. The molecule has 0 aliphatic heterocycles. The summed E-state index contributed by atoms with van der Waals surface area (Å²) in [4.78, 5) is 10.7. The van der Waals surface area contributed by atoms with Crippen molar-refractivity contribution in [1.82, 2.24) is 4.72 Å². The number of hydrogen-bond acceptors (Lipinski definition) is 4. The zero-order chi connectivity index (χ0) is 15.3. The summed E-state index contributed by atoms with van der Waals surface area (Å²) < 4.78 is 26.7. The van der Waals surface area contributed by atoms with E-state index in [2.05, 4.69) is 4.72 Å². The van der Waals surface area contributed by atoms with Crippen LogP contribution in [0.2, 0.25) is 0 Å². The third kappa shape index (κ3) is 4.33. The summed E-state index contributed by atoms with van der Waals surface area (Å²) in [5.74, 6) is -1.24. The number of rotatable bonds is 6. The number of benzene rings is 1. The van der Waals surface area contributed by atoms with Crippen molar-refractivity contribution in [1.29, 1.82) is 5.26 Å². The average molecular weight is 296 g/mol. The third-order valence-corrected chi connectivity index (χ3v) is 4.27. The SMILES string of the molecule is CC(C)[C@@H](CC(=O)O)NS(=O)(=O)c1cccc(C#N)c1. The van der Waals surface area contributed by atoms with E-state index in [0.717, 1.165) is 0 Å². The molecule has 0 aliphatic rings. The third-order valence-electron chi connectivity index (χ3n) is 2.78. The second-order valence-electron chi connectivity index (χ2n) is 4.71. The van der Waals surface area contributed by atoms with Gasteiger partial charge in [-0.15, -0.1) is 0 Å². The number of aliphatic carboxylic acids is 1. The monoisotopic (exact) mass is 296 g/mol. The summed E-state index contributed by atoms with van der Waals surface area (Å²) in [5, 5.41) is 17.6. The molecule has 6 nitrogen and oxygen atoms in total. The maximum atomic E-state index is 12.2. The van der Waals surface area contributed by atoms with Crippen molar-refractivity contribution >= 4 is 16.0 Å². The van der Waals surface area contributed by atoms with Crippen LogP contribution in [0, 0.1) is 17.2 Å². The van der Waals surface area contributed by atoms with Crippen molar-refractivity contribution in [3.05, 3.63) is 29.8 Å². The van der Waals surface area contributed by atoms with Crippen molar-refractivity contribution in [3.63, 3.8) is 0 Å². The molecule has 0 bridgehead atoms. The minimum atomic E-state index is -3.85. The largest absolute Gasteiger partial charge is 0.481 e. The van der Waals surface area contributed by atoms with E-state index >= 15 is 0 Å². The molecular formula is C13H16N2O4S. The molecule has 0 saturated heterocycles. The van der Waals surface area contributed by atoms with Crippen LogP contribution in [-0.4, -0.2) is 25.5 Å². The minimum absolute atomic E-state index is 0.0485. The maximum absolute atomic E-state index is 12.2. The molecule has 1 aromatic rings. The molecule has 0 aliphatic carbocycles. The highest BCUT2D eigenvalue weighted by atomic mass is 32.2. The Bertz CT molecular complexity index is 632. The number of nitriles is 1. The zero-order valence-electron chi connectivity index (χ0n) is 11.2. The van der Waals surface area contributed by atoms with E-state index < -0.39 is 22.0 Å². The van der Waals surface area contributed by atoms with Gasteiger partial charge in [-0.25, -0.2) is 13.1 Å². The van der Waals surface area contributed by atoms with Crippen molar-refractivity contribution in [2.45, 2.75) is 31.2 Å². The van der Waals surface area contributed by atoms with Gasteiger partial charge in [-0.05, 0) is 24.1 Å². The number of hydrogen-bond donors (Lipinski definition) is 2. The van der Waals surface area contributed by atoms with Crippen molar-refractivity contribution in [3.8, 4) is 6.07 Å². The van der Waals surface area contributed by atoms with Gasteiger partial charge < -0.3 is 5.11 Å². The molecule has 108 valence electrons. The molecule has 0 amide bonds. The van der Waals surface area contributed by atoms with Crippen LogP contribution in [0.25, 0.3) is 0 Å². The van der Waals surface area contributed by atoms with Gasteiger partial charge in [0.15, 0.2) is 0 Å². The molecule has 7 heteroatoms. The van der Waals surface area contributed by atoms with Gasteiger partial charge in [0.05, 0.1) is 22.9 Å². The highest BCUT2D eigenvalue weighted by molar-refractivity contribution is 7.89. The van der Waals surface area contributed by atoms with Crippen LogP contribution in [0.3, 0.4) is 0 Å². The summed E-state index contributed by atoms with van der Waals surface area (Å²) in [6.07, 6.45) is -0.297. The van der Waals surface area contributed by atoms with Gasteiger partial charge in [-0.1, -0.05) is 19.9 Å². The fourth-order valence-corrected chi connectivity index (χ4v) is 3.03. The summed E-state index contributed by atoms with van der Waals surface area (Å²) in [6.45, 7) is 3.48. The second-order valence-corrected chi connectivity index (χ2v) is 6.42. The van der Waals surface area contributed by atoms with E-state index in [1.54, 1.807) is 13.8 Å². The molecule has 1 aromatic carbocycles. The zero-order valence-corrected chi connectivity index (χ0v) is 12.0. The molecule has 0 fully saturated rings. The number of carbonyl (C=O) groups is 1. The standard InChI is InChI=1S/C13H16N2O4S/c1-9(2)12(7-13(16)17)15-20(18,19)11-5-3-4-10(6-11)8-14/h3-6,9,12,15H,7H2,1-2H3,(H,16,17)/t12-/m1/s1. The van der Waals surface area contributed by atoms with Gasteiger partial charge >= 0.3 is 5.97 Å². The number of nitrogens with one attached hydrogen (secondary N) is 1. The highest BCUT2D eigenvalue weighted by Gasteiger charge is 2.24. The molecule has 0 aromatic heterocycles.